The molecule has 0 saturated carbocycles. The summed E-state index contributed by atoms with van der Waals surface area (Å²) < 4.78 is 0. The first-order valence-electron chi connectivity index (χ1n) is 4.63. The summed E-state index contributed by atoms with van der Waals surface area (Å²) in [7, 11) is 0. The molecule has 0 aromatic heterocycles. The number of nitrogens with one attached hydrogen (secondary N) is 1. The minimum atomic E-state index is 0.255. The Morgan fingerprint density at radius 3 is 2.92 bits per heavy atom. The summed E-state index contributed by atoms with van der Waals surface area (Å²) in [5.74, 6) is 0. The summed E-state index contributed by atoms with van der Waals surface area (Å²) in [6.07, 6.45) is 1.17. The largest absolute Gasteiger partial charge is 0.385 e. The molecule has 0 unspecified atom stereocenters. The Balaban J connectivity index is 2.55. The first kappa shape index (κ1) is 8.89. The van der Waals surface area contributed by atoms with Crippen LogP contribution in [0.1, 0.15) is 25.8 Å². The molecular formula is C11H14ClN. The zero-order chi connectivity index (χ0) is 9.47. The third-order valence-corrected chi connectivity index (χ3v) is 3.01. The lowest BCUT2D eigenvalue weighted by atomic mass is 9.78. The normalized spacial score (nSPS) is 19.0. The van der Waals surface area contributed by atoms with Gasteiger partial charge in [0.05, 0.1) is 0 Å². The van der Waals surface area contributed by atoms with Crippen LogP contribution in [-0.2, 0) is 5.41 Å². The van der Waals surface area contributed by atoms with Crippen LogP contribution in [0.3, 0.4) is 0 Å². The van der Waals surface area contributed by atoms with Crippen LogP contribution in [0.5, 0.6) is 0 Å². The van der Waals surface area contributed by atoms with E-state index in [9.17, 15) is 0 Å². The average molecular weight is 196 g/mol. The molecular weight excluding hydrogens is 182 g/mol. The van der Waals surface area contributed by atoms with Crippen molar-refractivity contribution < 1.29 is 0 Å². The Morgan fingerprint density at radius 1 is 1.38 bits per heavy atom. The first-order valence-corrected chi connectivity index (χ1v) is 5.01. The fourth-order valence-electron chi connectivity index (χ4n) is 1.87. The molecule has 0 fully saturated rings. The maximum Gasteiger partial charge on any atom is 0.0410 e. The van der Waals surface area contributed by atoms with Gasteiger partial charge in [0.2, 0.25) is 0 Å². The third-order valence-electron chi connectivity index (χ3n) is 2.78. The van der Waals surface area contributed by atoms with Gasteiger partial charge in [0.25, 0.3) is 0 Å². The minimum absolute atomic E-state index is 0.255. The monoisotopic (exact) mass is 195 g/mol. The van der Waals surface area contributed by atoms with E-state index in [1.165, 1.54) is 17.7 Å². The molecule has 1 aromatic carbocycles. The maximum absolute atomic E-state index is 5.98. The van der Waals surface area contributed by atoms with Crippen molar-refractivity contribution in [2.45, 2.75) is 25.7 Å². The molecule has 70 valence electrons. The number of hydrogen-bond acceptors (Lipinski definition) is 1. The molecule has 0 saturated heterocycles. The molecule has 13 heavy (non-hydrogen) atoms. The predicted octanol–water partition coefficient (Wildman–Crippen LogP) is 3.43. The quantitative estimate of drug-likeness (QED) is 0.669. The molecule has 0 amide bonds. The number of hydrogen-bond donors (Lipinski definition) is 1. The highest BCUT2D eigenvalue weighted by Crippen LogP contribution is 2.37. The Hall–Kier alpha value is -0.690. The summed E-state index contributed by atoms with van der Waals surface area (Å²) in [4.78, 5) is 0. The summed E-state index contributed by atoms with van der Waals surface area (Å²) in [5, 5.41) is 4.22. The van der Waals surface area contributed by atoms with Gasteiger partial charge in [-0.2, -0.15) is 0 Å². The second-order valence-electron chi connectivity index (χ2n) is 4.25. The van der Waals surface area contributed by atoms with Gasteiger partial charge in [-0.3, -0.25) is 0 Å². The SMILES string of the molecule is CC1(C)CCNc2ccc(Cl)cc21. The van der Waals surface area contributed by atoms with E-state index in [1.807, 2.05) is 6.07 Å². The van der Waals surface area contributed by atoms with Crippen LogP contribution in [0.15, 0.2) is 18.2 Å². The van der Waals surface area contributed by atoms with Crippen molar-refractivity contribution >= 4 is 17.3 Å². The van der Waals surface area contributed by atoms with Crippen molar-refractivity contribution in [1.82, 2.24) is 0 Å². The van der Waals surface area contributed by atoms with E-state index in [-0.39, 0.29) is 5.41 Å². The van der Waals surface area contributed by atoms with E-state index in [0.717, 1.165) is 11.6 Å². The summed E-state index contributed by atoms with van der Waals surface area (Å²) in [5.41, 5.74) is 2.83. The molecule has 1 nitrogen and oxygen atoms in total. The van der Waals surface area contributed by atoms with E-state index in [0.29, 0.717) is 0 Å². The van der Waals surface area contributed by atoms with Gasteiger partial charge in [0.1, 0.15) is 0 Å². The summed E-state index contributed by atoms with van der Waals surface area (Å²) in [6.45, 7) is 5.59. The smallest absolute Gasteiger partial charge is 0.0410 e. The number of anilines is 1. The summed E-state index contributed by atoms with van der Waals surface area (Å²) in [6, 6.07) is 6.08. The van der Waals surface area contributed by atoms with Crippen molar-refractivity contribution in [3.8, 4) is 0 Å². The zero-order valence-electron chi connectivity index (χ0n) is 8.02. The van der Waals surface area contributed by atoms with E-state index in [1.54, 1.807) is 0 Å². The first-order chi connectivity index (χ1) is 6.09. The van der Waals surface area contributed by atoms with Gasteiger partial charge in [-0.05, 0) is 35.6 Å². The van der Waals surface area contributed by atoms with Crippen LogP contribution in [0, 0.1) is 0 Å². The number of halogens is 1. The van der Waals surface area contributed by atoms with Crippen LogP contribution in [-0.4, -0.2) is 6.54 Å². The standard InChI is InChI=1S/C11H14ClN/c1-11(2)5-6-13-10-4-3-8(12)7-9(10)11/h3-4,7,13H,5-6H2,1-2H3. The minimum Gasteiger partial charge on any atom is -0.385 e. The molecule has 1 aromatic rings. The fraction of sp³-hybridized carbons (Fsp3) is 0.455. The topological polar surface area (TPSA) is 12.0 Å². The van der Waals surface area contributed by atoms with Gasteiger partial charge in [-0.1, -0.05) is 25.4 Å². The highest BCUT2D eigenvalue weighted by Gasteiger charge is 2.26. The molecule has 0 bridgehead atoms. The maximum atomic E-state index is 5.98. The van der Waals surface area contributed by atoms with E-state index >= 15 is 0 Å². The number of benzene rings is 1. The van der Waals surface area contributed by atoms with Crippen molar-refractivity contribution in [3.05, 3.63) is 28.8 Å². The second-order valence-corrected chi connectivity index (χ2v) is 4.69. The fourth-order valence-corrected chi connectivity index (χ4v) is 2.05. The molecule has 0 radical (unpaired) electrons. The highest BCUT2D eigenvalue weighted by molar-refractivity contribution is 6.30. The Bertz CT molecular complexity index is 331. The van der Waals surface area contributed by atoms with Crippen LogP contribution < -0.4 is 5.32 Å². The Labute approximate surface area is 84.1 Å². The van der Waals surface area contributed by atoms with Crippen molar-refractivity contribution in [1.29, 1.82) is 0 Å². The molecule has 2 heteroatoms. The molecule has 1 aliphatic rings. The van der Waals surface area contributed by atoms with Crippen molar-refractivity contribution in [3.63, 3.8) is 0 Å². The summed E-state index contributed by atoms with van der Waals surface area (Å²) >= 11 is 5.98. The van der Waals surface area contributed by atoms with E-state index < -0.39 is 0 Å². The van der Waals surface area contributed by atoms with Gasteiger partial charge in [-0.25, -0.2) is 0 Å². The zero-order valence-corrected chi connectivity index (χ0v) is 8.78. The number of fused-ring (bicyclic) bond motifs is 1. The van der Waals surface area contributed by atoms with Gasteiger partial charge in [0.15, 0.2) is 0 Å². The lowest BCUT2D eigenvalue weighted by Crippen LogP contribution is -2.28. The molecule has 1 N–H and O–H groups in total. The van der Waals surface area contributed by atoms with Crippen molar-refractivity contribution in [2.24, 2.45) is 0 Å². The van der Waals surface area contributed by atoms with Crippen LogP contribution in [0.4, 0.5) is 5.69 Å². The third kappa shape index (κ3) is 1.53. The van der Waals surface area contributed by atoms with Crippen LogP contribution >= 0.6 is 11.6 Å². The molecule has 1 heterocycles. The van der Waals surface area contributed by atoms with Gasteiger partial charge < -0.3 is 5.32 Å². The van der Waals surface area contributed by atoms with Gasteiger partial charge >= 0.3 is 0 Å². The molecule has 1 aliphatic heterocycles. The van der Waals surface area contributed by atoms with Gasteiger partial charge in [-0.15, -0.1) is 0 Å². The predicted molar refractivity (Wildman–Crippen MR) is 57.6 cm³/mol. The average Bonchev–Trinajstić information content (AvgIpc) is 2.06. The molecule has 2 rings (SSSR count). The number of rotatable bonds is 0. The lowest BCUT2D eigenvalue weighted by molar-refractivity contribution is 0.482. The molecule has 0 atom stereocenters. The highest BCUT2D eigenvalue weighted by atomic mass is 35.5. The van der Waals surface area contributed by atoms with Crippen LogP contribution in [0.2, 0.25) is 5.02 Å². The molecule has 0 spiro atoms. The lowest BCUT2D eigenvalue weighted by Gasteiger charge is -2.33. The van der Waals surface area contributed by atoms with E-state index in [4.69, 9.17) is 11.6 Å². The Morgan fingerprint density at radius 2 is 2.15 bits per heavy atom. The van der Waals surface area contributed by atoms with Gasteiger partial charge in [0, 0.05) is 17.3 Å². The molecule has 0 aliphatic carbocycles. The van der Waals surface area contributed by atoms with Crippen molar-refractivity contribution in [2.75, 3.05) is 11.9 Å². The van der Waals surface area contributed by atoms with E-state index in [2.05, 4.69) is 31.3 Å². The van der Waals surface area contributed by atoms with Crippen LogP contribution in [0.25, 0.3) is 0 Å². The Kier molecular flexibility index (Phi) is 1.99. The second kappa shape index (κ2) is 2.91.